The van der Waals surface area contributed by atoms with Crippen LogP contribution < -0.4 is 0 Å². The molecule has 2 aromatic rings. The topological polar surface area (TPSA) is 20.3 Å². The number of Topliss-reactive ketones (excluding diaryl/α,β-unsaturated/α-hetero) is 1. The highest BCUT2D eigenvalue weighted by molar-refractivity contribution is 7.98. The highest BCUT2D eigenvalue weighted by atomic mass is 35.5. The molecular formula is C17H18ClNOS. The second-order valence-electron chi connectivity index (χ2n) is 4.95. The van der Waals surface area contributed by atoms with Crippen LogP contribution in [0.1, 0.15) is 15.9 Å². The summed E-state index contributed by atoms with van der Waals surface area (Å²) >= 11 is 7.64. The fourth-order valence-electron chi connectivity index (χ4n) is 2.12. The molecule has 0 aliphatic rings. The molecule has 2 aromatic carbocycles. The summed E-state index contributed by atoms with van der Waals surface area (Å²) in [6.45, 7) is 1.10. The van der Waals surface area contributed by atoms with Gasteiger partial charge in [0, 0.05) is 22.0 Å². The van der Waals surface area contributed by atoms with Crippen LogP contribution in [-0.2, 0) is 6.54 Å². The first kappa shape index (κ1) is 16.1. The standard InChI is InChI=1S/C17H18ClNOS/c1-19(11-13-4-3-5-15(18)10-13)12-17(20)14-6-8-16(21-2)9-7-14/h3-10H,11-12H2,1-2H3. The highest BCUT2D eigenvalue weighted by Crippen LogP contribution is 2.16. The van der Waals surface area contributed by atoms with Crippen LogP contribution in [0.15, 0.2) is 53.4 Å². The summed E-state index contributed by atoms with van der Waals surface area (Å²) < 4.78 is 0. The van der Waals surface area contributed by atoms with Crippen molar-refractivity contribution in [3.05, 3.63) is 64.7 Å². The molecule has 0 saturated carbocycles. The lowest BCUT2D eigenvalue weighted by Crippen LogP contribution is -2.25. The molecule has 21 heavy (non-hydrogen) atoms. The van der Waals surface area contributed by atoms with Crippen molar-refractivity contribution in [2.45, 2.75) is 11.4 Å². The van der Waals surface area contributed by atoms with Crippen LogP contribution in [0.25, 0.3) is 0 Å². The van der Waals surface area contributed by atoms with E-state index in [1.54, 1.807) is 11.8 Å². The van der Waals surface area contributed by atoms with Gasteiger partial charge in [-0.3, -0.25) is 9.69 Å². The average Bonchev–Trinajstić information content (AvgIpc) is 2.47. The lowest BCUT2D eigenvalue weighted by atomic mass is 10.1. The van der Waals surface area contributed by atoms with Gasteiger partial charge in [-0.2, -0.15) is 0 Å². The van der Waals surface area contributed by atoms with Crippen LogP contribution in [0.3, 0.4) is 0 Å². The van der Waals surface area contributed by atoms with E-state index in [-0.39, 0.29) is 5.78 Å². The minimum Gasteiger partial charge on any atom is -0.295 e. The molecule has 0 aliphatic heterocycles. The Hall–Kier alpha value is -1.29. The third-order valence-corrected chi connectivity index (χ3v) is 4.15. The molecule has 2 rings (SSSR count). The molecule has 0 saturated heterocycles. The van der Waals surface area contributed by atoms with Crippen molar-refractivity contribution < 1.29 is 4.79 Å². The fourth-order valence-corrected chi connectivity index (χ4v) is 2.74. The van der Waals surface area contributed by atoms with Crippen molar-refractivity contribution in [1.82, 2.24) is 4.90 Å². The fraction of sp³-hybridized carbons (Fsp3) is 0.235. The number of ketones is 1. The van der Waals surface area contributed by atoms with Gasteiger partial charge in [-0.25, -0.2) is 0 Å². The van der Waals surface area contributed by atoms with Gasteiger partial charge in [0.1, 0.15) is 0 Å². The Bertz CT molecular complexity index is 612. The van der Waals surface area contributed by atoms with E-state index in [4.69, 9.17) is 11.6 Å². The zero-order valence-electron chi connectivity index (χ0n) is 12.2. The van der Waals surface area contributed by atoms with E-state index < -0.39 is 0 Å². The van der Waals surface area contributed by atoms with Crippen molar-refractivity contribution in [2.75, 3.05) is 19.8 Å². The number of rotatable bonds is 6. The maximum atomic E-state index is 12.2. The largest absolute Gasteiger partial charge is 0.295 e. The van der Waals surface area contributed by atoms with E-state index in [0.29, 0.717) is 13.1 Å². The molecule has 4 heteroatoms. The first-order chi connectivity index (χ1) is 10.1. The zero-order chi connectivity index (χ0) is 15.2. The molecular weight excluding hydrogens is 302 g/mol. The predicted molar refractivity (Wildman–Crippen MR) is 90.3 cm³/mol. The van der Waals surface area contributed by atoms with Crippen molar-refractivity contribution in [1.29, 1.82) is 0 Å². The molecule has 0 atom stereocenters. The number of halogens is 1. The Kier molecular flexibility index (Phi) is 5.85. The molecule has 0 bridgehead atoms. The van der Waals surface area contributed by atoms with Crippen molar-refractivity contribution in [2.24, 2.45) is 0 Å². The maximum Gasteiger partial charge on any atom is 0.176 e. The molecule has 0 spiro atoms. The number of carbonyl (C=O) groups excluding carboxylic acids is 1. The summed E-state index contributed by atoms with van der Waals surface area (Å²) in [6.07, 6.45) is 2.02. The van der Waals surface area contributed by atoms with Crippen LogP contribution in [-0.4, -0.2) is 30.5 Å². The van der Waals surface area contributed by atoms with E-state index in [2.05, 4.69) is 0 Å². The molecule has 0 heterocycles. The summed E-state index contributed by atoms with van der Waals surface area (Å²) in [6, 6.07) is 15.5. The lowest BCUT2D eigenvalue weighted by molar-refractivity contribution is 0.0943. The molecule has 0 unspecified atom stereocenters. The van der Waals surface area contributed by atoms with Crippen LogP contribution in [0, 0.1) is 0 Å². The SMILES string of the molecule is CSc1ccc(C(=O)CN(C)Cc2cccc(Cl)c2)cc1. The molecule has 0 N–H and O–H groups in total. The molecule has 110 valence electrons. The Balaban J connectivity index is 1.95. The first-order valence-electron chi connectivity index (χ1n) is 6.68. The Morgan fingerprint density at radius 3 is 2.52 bits per heavy atom. The summed E-state index contributed by atoms with van der Waals surface area (Å²) in [4.78, 5) is 15.4. The number of hydrogen-bond donors (Lipinski definition) is 0. The highest BCUT2D eigenvalue weighted by Gasteiger charge is 2.10. The Morgan fingerprint density at radius 2 is 1.90 bits per heavy atom. The van der Waals surface area contributed by atoms with E-state index in [0.717, 1.165) is 16.1 Å². The quantitative estimate of drug-likeness (QED) is 0.582. The first-order valence-corrected chi connectivity index (χ1v) is 8.29. The molecule has 0 fully saturated rings. The summed E-state index contributed by atoms with van der Waals surface area (Å²) in [5.41, 5.74) is 1.86. The number of carbonyl (C=O) groups is 1. The maximum absolute atomic E-state index is 12.2. The van der Waals surface area contributed by atoms with Gasteiger partial charge in [-0.15, -0.1) is 11.8 Å². The van der Waals surface area contributed by atoms with Gasteiger partial charge >= 0.3 is 0 Å². The minimum absolute atomic E-state index is 0.132. The zero-order valence-corrected chi connectivity index (χ0v) is 13.7. The number of benzene rings is 2. The van der Waals surface area contributed by atoms with Gasteiger partial charge in [-0.05, 0) is 43.1 Å². The Labute approximate surface area is 135 Å². The second-order valence-corrected chi connectivity index (χ2v) is 6.27. The average molecular weight is 320 g/mol. The van der Waals surface area contributed by atoms with Gasteiger partial charge in [0.05, 0.1) is 6.54 Å². The van der Waals surface area contributed by atoms with E-state index in [1.807, 2.05) is 66.7 Å². The summed E-state index contributed by atoms with van der Waals surface area (Å²) in [5.74, 6) is 0.132. The van der Waals surface area contributed by atoms with Gasteiger partial charge in [-0.1, -0.05) is 35.9 Å². The van der Waals surface area contributed by atoms with Crippen LogP contribution in [0.4, 0.5) is 0 Å². The third-order valence-electron chi connectivity index (χ3n) is 3.17. The van der Waals surface area contributed by atoms with Crippen molar-refractivity contribution >= 4 is 29.1 Å². The van der Waals surface area contributed by atoms with Gasteiger partial charge in [0.2, 0.25) is 0 Å². The predicted octanol–water partition coefficient (Wildman–Crippen LogP) is 4.38. The second kappa shape index (κ2) is 7.64. The molecule has 2 nitrogen and oxygen atoms in total. The Morgan fingerprint density at radius 1 is 1.19 bits per heavy atom. The van der Waals surface area contributed by atoms with Crippen molar-refractivity contribution in [3.63, 3.8) is 0 Å². The van der Waals surface area contributed by atoms with Gasteiger partial charge in [0.15, 0.2) is 5.78 Å². The van der Waals surface area contributed by atoms with Crippen LogP contribution >= 0.6 is 23.4 Å². The third kappa shape index (κ3) is 4.88. The normalized spacial score (nSPS) is 10.9. The molecule has 0 aromatic heterocycles. The number of nitrogens with zero attached hydrogens (tertiary/aromatic N) is 1. The number of likely N-dealkylation sites (N-methyl/N-ethyl adjacent to an activating group) is 1. The minimum atomic E-state index is 0.132. The monoisotopic (exact) mass is 319 g/mol. The smallest absolute Gasteiger partial charge is 0.176 e. The van der Waals surface area contributed by atoms with Gasteiger partial charge in [0.25, 0.3) is 0 Å². The summed E-state index contributed by atoms with van der Waals surface area (Å²) in [5, 5.41) is 0.722. The van der Waals surface area contributed by atoms with E-state index in [1.165, 1.54) is 4.90 Å². The number of hydrogen-bond acceptors (Lipinski definition) is 3. The molecule has 0 radical (unpaired) electrons. The van der Waals surface area contributed by atoms with Crippen molar-refractivity contribution in [3.8, 4) is 0 Å². The number of thioether (sulfide) groups is 1. The molecule has 0 aliphatic carbocycles. The van der Waals surface area contributed by atoms with Crippen LogP contribution in [0.2, 0.25) is 5.02 Å². The van der Waals surface area contributed by atoms with E-state index >= 15 is 0 Å². The summed E-state index contributed by atoms with van der Waals surface area (Å²) in [7, 11) is 1.94. The van der Waals surface area contributed by atoms with Crippen LogP contribution in [0.5, 0.6) is 0 Å². The lowest BCUT2D eigenvalue weighted by Gasteiger charge is -2.16. The molecule has 0 amide bonds. The van der Waals surface area contributed by atoms with Gasteiger partial charge < -0.3 is 0 Å². The van der Waals surface area contributed by atoms with E-state index in [9.17, 15) is 4.79 Å².